The molecule has 3 rings (SSSR count). The smallest absolute Gasteiger partial charge is 0.360 e. The van der Waals surface area contributed by atoms with E-state index in [2.05, 4.69) is 4.98 Å². The average molecular weight is 338 g/mol. The van der Waals surface area contributed by atoms with E-state index in [1.165, 1.54) is 0 Å². The second kappa shape index (κ2) is 7.19. The van der Waals surface area contributed by atoms with Gasteiger partial charge in [0.05, 0.1) is 12.3 Å². The van der Waals surface area contributed by atoms with Gasteiger partial charge >= 0.3 is 5.97 Å². The van der Waals surface area contributed by atoms with E-state index in [9.17, 15) is 9.90 Å². The van der Waals surface area contributed by atoms with E-state index < -0.39 is 5.97 Å². The van der Waals surface area contributed by atoms with Gasteiger partial charge in [0.25, 0.3) is 0 Å². The molecular weight excluding hydrogens is 320 g/mol. The quantitative estimate of drug-likeness (QED) is 0.693. The number of carbonyl (C=O) groups is 1. The average Bonchev–Trinajstić information content (AvgIpc) is 2.63. The molecule has 128 valence electrons. The Kier molecular flexibility index (Phi) is 4.81. The monoisotopic (exact) mass is 338 g/mol. The molecule has 0 saturated heterocycles. The molecule has 3 N–H and O–H groups in total. The van der Waals surface area contributed by atoms with Crippen molar-refractivity contribution in [2.75, 3.05) is 6.61 Å². The highest BCUT2D eigenvalue weighted by Crippen LogP contribution is 2.33. The van der Waals surface area contributed by atoms with Crippen LogP contribution in [0.2, 0.25) is 0 Å². The van der Waals surface area contributed by atoms with Crippen LogP contribution in [0.15, 0.2) is 48.5 Å². The summed E-state index contributed by atoms with van der Waals surface area (Å²) in [7, 11) is 0. The van der Waals surface area contributed by atoms with E-state index in [1.807, 2.05) is 30.3 Å². The normalized spacial score (nSPS) is 10.6. The summed E-state index contributed by atoms with van der Waals surface area (Å²) in [6.45, 7) is 1.99. The third kappa shape index (κ3) is 3.39. The molecule has 0 aliphatic heterocycles. The summed E-state index contributed by atoms with van der Waals surface area (Å²) in [6, 6.07) is 14.5. The number of rotatable bonds is 5. The van der Waals surface area contributed by atoms with Gasteiger partial charge < -0.3 is 20.3 Å². The van der Waals surface area contributed by atoms with E-state index in [0.717, 1.165) is 0 Å². The van der Waals surface area contributed by atoms with Crippen LogP contribution in [0, 0.1) is 0 Å². The molecule has 0 spiro atoms. The molecule has 6 heteroatoms. The lowest BCUT2D eigenvalue weighted by molar-refractivity contribution is 0.0516. The van der Waals surface area contributed by atoms with Crippen LogP contribution in [0.3, 0.4) is 0 Å². The Bertz CT molecular complexity index is 910. The highest BCUT2D eigenvalue weighted by molar-refractivity contribution is 6.00. The summed E-state index contributed by atoms with van der Waals surface area (Å²) >= 11 is 0. The highest BCUT2D eigenvalue weighted by atomic mass is 16.5. The Morgan fingerprint density at radius 1 is 1.12 bits per heavy atom. The van der Waals surface area contributed by atoms with Gasteiger partial charge in [0.1, 0.15) is 11.5 Å². The third-order valence-corrected chi connectivity index (χ3v) is 3.67. The van der Waals surface area contributed by atoms with Crippen molar-refractivity contribution >= 4 is 16.7 Å². The molecule has 0 fully saturated rings. The number of ether oxygens (including phenoxy) is 2. The maximum Gasteiger partial charge on any atom is 0.360 e. The standard InChI is InChI=1S/C19H18N2O4/c1-2-24-19(23)17-18(22)14-9-8-13(10-15(14)16(11-20)21-17)25-12-6-4-3-5-7-12/h3-10,22H,2,11,20H2,1H3. The van der Waals surface area contributed by atoms with Gasteiger partial charge in [0, 0.05) is 17.3 Å². The van der Waals surface area contributed by atoms with Crippen molar-refractivity contribution in [2.45, 2.75) is 13.5 Å². The van der Waals surface area contributed by atoms with Crippen LogP contribution >= 0.6 is 0 Å². The van der Waals surface area contributed by atoms with Gasteiger partial charge in [-0.1, -0.05) is 18.2 Å². The van der Waals surface area contributed by atoms with Crippen LogP contribution in [0.5, 0.6) is 17.2 Å². The third-order valence-electron chi connectivity index (χ3n) is 3.67. The number of aromatic nitrogens is 1. The second-order valence-electron chi connectivity index (χ2n) is 5.30. The van der Waals surface area contributed by atoms with Gasteiger partial charge in [0.2, 0.25) is 0 Å². The van der Waals surface area contributed by atoms with Crippen molar-refractivity contribution in [3.8, 4) is 17.2 Å². The number of pyridine rings is 1. The second-order valence-corrected chi connectivity index (χ2v) is 5.30. The van der Waals surface area contributed by atoms with Crippen molar-refractivity contribution in [1.29, 1.82) is 0 Å². The first-order valence-corrected chi connectivity index (χ1v) is 7.89. The Morgan fingerprint density at radius 3 is 2.56 bits per heavy atom. The van der Waals surface area contributed by atoms with Gasteiger partial charge in [-0.15, -0.1) is 0 Å². The lowest BCUT2D eigenvalue weighted by Crippen LogP contribution is -2.11. The number of hydrogen-bond acceptors (Lipinski definition) is 6. The number of carbonyl (C=O) groups excluding carboxylic acids is 1. The van der Waals surface area contributed by atoms with E-state index >= 15 is 0 Å². The van der Waals surface area contributed by atoms with Crippen LogP contribution in [-0.2, 0) is 11.3 Å². The molecular formula is C19H18N2O4. The molecule has 25 heavy (non-hydrogen) atoms. The number of fused-ring (bicyclic) bond motifs is 1. The van der Waals surface area contributed by atoms with Crippen LogP contribution in [-0.4, -0.2) is 22.7 Å². The first-order chi connectivity index (χ1) is 12.1. The molecule has 1 aromatic heterocycles. The molecule has 1 heterocycles. The molecule has 0 aliphatic rings. The van der Waals surface area contributed by atoms with Crippen LogP contribution in [0.25, 0.3) is 10.8 Å². The van der Waals surface area contributed by atoms with Crippen molar-refractivity contribution < 1.29 is 19.4 Å². The molecule has 0 aliphatic carbocycles. The summed E-state index contributed by atoms with van der Waals surface area (Å²) in [5.74, 6) is 0.369. The minimum atomic E-state index is -0.679. The van der Waals surface area contributed by atoms with E-state index in [1.54, 1.807) is 25.1 Å². The number of para-hydroxylation sites is 1. The molecule has 2 aromatic carbocycles. The van der Waals surface area contributed by atoms with Crippen molar-refractivity contribution in [3.63, 3.8) is 0 Å². The van der Waals surface area contributed by atoms with Crippen molar-refractivity contribution in [2.24, 2.45) is 5.73 Å². The van der Waals surface area contributed by atoms with Gasteiger partial charge in [-0.05, 0) is 37.3 Å². The fourth-order valence-electron chi connectivity index (χ4n) is 2.53. The van der Waals surface area contributed by atoms with Gasteiger partial charge in [-0.2, -0.15) is 0 Å². The first kappa shape index (κ1) is 16.7. The predicted molar refractivity (Wildman–Crippen MR) is 93.8 cm³/mol. The zero-order valence-electron chi connectivity index (χ0n) is 13.7. The minimum absolute atomic E-state index is 0.109. The number of nitrogens with zero attached hydrogens (tertiary/aromatic N) is 1. The van der Waals surface area contributed by atoms with Crippen LogP contribution in [0.1, 0.15) is 23.1 Å². The summed E-state index contributed by atoms with van der Waals surface area (Å²) in [5.41, 5.74) is 6.12. The first-order valence-electron chi connectivity index (χ1n) is 7.89. The van der Waals surface area contributed by atoms with E-state index in [-0.39, 0.29) is 24.6 Å². The maximum absolute atomic E-state index is 12.0. The zero-order chi connectivity index (χ0) is 17.8. The molecule has 0 atom stereocenters. The molecule has 6 nitrogen and oxygen atoms in total. The molecule has 0 bridgehead atoms. The van der Waals surface area contributed by atoms with Gasteiger partial charge in [-0.3, -0.25) is 0 Å². The Balaban J connectivity index is 2.07. The Hall–Kier alpha value is -3.12. The lowest BCUT2D eigenvalue weighted by atomic mass is 10.1. The maximum atomic E-state index is 12.0. The molecule has 0 unspecified atom stereocenters. The van der Waals surface area contributed by atoms with Gasteiger partial charge in [0.15, 0.2) is 11.4 Å². The Morgan fingerprint density at radius 2 is 1.88 bits per heavy atom. The number of nitrogens with two attached hydrogens (primary N) is 1. The van der Waals surface area contributed by atoms with E-state index in [4.69, 9.17) is 15.2 Å². The number of esters is 1. The summed E-state index contributed by atoms with van der Waals surface area (Å²) < 4.78 is 10.7. The van der Waals surface area contributed by atoms with Crippen molar-refractivity contribution in [1.82, 2.24) is 4.98 Å². The Labute approximate surface area is 144 Å². The molecule has 3 aromatic rings. The zero-order valence-corrected chi connectivity index (χ0v) is 13.7. The van der Waals surface area contributed by atoms with Crippen LogP contribution < -0.4 is 10.5 Å². The molecule has 0 radical (unpaired) electrons. The fraction of sp³-hybridized carbons (Fsp3) is 0.158. The van der Waals surface area contributed by atoms with Crippen LogP contribution in [0.4, 0.5) is 0 Å². The topological polar surface area (TPSA) is 94.7 Å². The summed E-state index contributed by atoms with van der Waals surface area (Å²) in [5, 5.41) is 11.5. The highest BCUT2D eigenvalue weighted by Gasteiger charge is 2.20. The lowest BCUT2D eigenvalue weighted by Gasteiger charge is -2.12. The van der Waals surface area contributed by atoms with E-state index in [0.29, 0.717) is 28.0 Å². The predicted octanol–water partition coefficient (Wildman–Crippen LogP) is 3.37. The SMILES string of the molecule is CCOC(=O)c1nc(CN)c2cc(Oc3ccccc3)ccc2c1O. The molecule has 0 amide bonds. The number of benzene rings is 2. The fourth-order valence-corrected chi connectivity index (χ4v) is 2.53. The summed E-state index contributed by atoms with van der Waals surface area (Å²) in [6.07, 6.45) is 0. The number of hydrogen-bond donors (Lipinski definition) is 2. The van der Waals surface area contributed by atoms with Crippen molar-refractivity contribution in [3.05, 3.63) is 59.9 Å². The van der Waals surface area contributed by atoms with Gasteiger partial charge in [-0.25, -0.2) is 9.78 Å². The minimum Gasteiger partial charge on any atom is -0.505 e. The molecule has 0 saturated carbocycles. The number of aromatic hydroxyl groups is 1. The summed E-state index contributed by atoms with van der Waals surface area (Å²) in [4.78, 5) is 16.2. The largest absolute Gasteiger partial charge is 0.505 e.